The number of aliphatic hydroxyl groups is 1. The maximum Gasteiger partial charge on any atom is 0.326 e. The molecule has 0 heterocycles. The molecule has 92 valence electrons. The molecular weight excluding hydrogens is 222 g/mol. The monoisotopic (exact) mass is 237 g/mol. The number of anilines is 1. The fourth-order valence-corrected chi connectivity index (χ4v) is 1.66. The van der Waals surface area contributed by atoms with Crippen molar-refractivity contribution >= 4 is 17.6 Å². The van der Waals surface area contributed by atoms with Gasteiger partial charge in [0.05, 0.1) is 0 Å². The number of rotatable bonds is 5. The van der Waals surface area contributed by atoms with Crippen molar-refractivity contribution in [2.45, 2.75) is 19.4 Å². The molecule has 17 heavy (non-hydrogen) atoms. The predicted molar refractivity (Wildman–Crippen MR) is 62.7 cm³/mol. The van der Waals surface area contributed by atoms with E-state index < -0.39 is 12.0 Å². The molecule has 0 radical (unpaired) electrons. The molecular formula is C12H15NO4. The number of amides is 1. The molecule has 0 aliphatic carbocycles. The van der Waals surface area contributed by atoms with Gasteiger partial charge in [-0.25, -0.2) is 4.79 Å². The topological polar surface area (TPSA) is 77.8 Å². The van der Waals surface area contributed by atoms with Crippen molar-refractivity contribution in [1.82, 2.24) is 0 Å². The van der Waals surface area contributed by atoms with Crippen LogP contribution in [0.5, 0.6) is 0 Å². The Bertz CT molecular complexity index is 391. The van der Waals surface area contributed by atoms with Gasteiger partial charge in [0.15, 0.2) is 0 Å². The number of aliphatic hydroxyl groups excluding tert-OH is 1. The highest BCUT2D eigenvalue weighted by molar-refractivity contribution is 5.97. The van der Waals surface area contributed by atoms with Crippen molar-refractivity contribution in [2.24, 2.45) is 0 Å². The first-order chi connectivity index (χ1) is 8.07. The van der Waals surface area contributed by atoms with Crippen LogP contribution in [0.15, 0.2) is 30.3 Å². The van der Waals surface area contributed by atoms with Gasteiger partial charge in [0.2, 0.25) is 5.91 Å². The van der Waals surface area contributed by atoms with Crippen LogP contribution in [0.3, 0.4) is 0 Å². The minimum absolute atomic E-state index is 0.00378. The number of carbonyl (C=O) groups excluding carboxylic acids is 1. The predicted octanol–water partition coefficient (Wildman–Crippen LogP) is 0.875. The molecule has 1 aromatic rings. The Morgan fingerprint density at radius 1 is 1.29 bits per heavy atom. The summed E-state index contributed by atoms with van der Waals surface area (Å²) in [5.41, 5.74) is 0.515. The van der Waals surface area contributed by atoms with Crippen LogP contribution in [0.25, 0.3) is 0 Å². The van der Waals surface area contributed by atoms with Crippen molar-refractivity contribution in [2.75, 3.05) is 11.5 Å². The second kappa shape index (κ2) is 6.00. The fraction of sp³-hybridized carbons (Fsp3) is 0.333. The third-order valence-corrected chi connectivity index (χ3v) is 2.37. The van der Waals surface area contributed by atoms with Crippen molar-refractivity contribution in [1.29, 1.82) is 0 Å². The zero-order chi connectivity index (χ0) is 12.8. The molecule has 1 rings (SSSR count). The Hall–Kier alpha value is -1.88. The van der Waals surface area contributed by atoms with Gasteiger partial charge in [-0.2, -0.15) is 0 Å². The highest BCUT2D eigenvalue weighted by Crippen LogP contribution is 2.18. The summed E-state index contributed by atoms with van der Waals surface area (Å²) in [5.74, 6) is -1.49. The van der Waals surface area contributed by atoms with Crippen LogP contribution >= 0.6 is 0 Å². The lowest BCUT2D eigenvalue weighted by molar-refractivity contribution is -0.140. The summed E-state index contributed by atoms with van der Waals surface area (Å²) in [6.07, 6.45) is 0.00378. The lowest BCUT2D eigenvalue weighted by Crippen LogP contribution is -2.44. The van der Waals surface area contributed by atoms with Gasteiger partial charge in [0.1, 0.15) is 6.04 Å². The zero-order valence-corrected chi connectivity index (χ0v) is 9.54. The van der Waals surface area contributed by atoms with Crippen LogP contribution < -0.4 is 4.90 Å². The quantitative estimate of drug-likeness (QED) is 0.796. The summed E-state index contributed by atoms with van der Waals surface area (Å²) < 4.78 is 0. The molecule has 0 aromatic heterocycles. The number of aliphatic carboxylic acids is 1. The van der Waals surface area contributed by atoms with Crippen LogP contribution in [-0.4, -0.2) is 34.7 Å². The number of carboxylic acids is 1. The summed E-state index contributed by atoms with van der Waals surface area (Å²) in [5, 5.41) is 17.9. The van der Waals surface area contributed by atoms with Crippen LogP contribution in [0, 0.1) is 0 Å². The van der Waals surface area contributed by atoms with Gasteiger partial charge in [-0.3, -0.25) is 9.69 Å². The molecule has 1 amide bonds. The number of nitrogens with zero attached hydrogens (tertiary/aromatic N) is 1. The van der Waals surface area contributed by atoms with Gasteiger partial charge in [0, 0.05) is 25.6 Å². The van der Waals surface area contributed by atoms with Crippen LogP contribution in [0.2, 0.25) is 0 Å². The average molecular weight is 237 g/mol. The molecule has 0 saturated heterocycles. The van der Waals surface area contributed by atoms with Gasteiger partial charge in [-0.1, -0.05) is 18.2 Å². The van der Waals surface area contributed by atoms with E-state index in [0.29, 0.717) is 5.69 Å². The summed E-state index contributed by atoms with van der Waals surface area (Å²) in [6, 6.07) is 7.51. The number of carboxylic acid groups (broad SMARTS) is 1. The maximum absolute atomic E-state index is 11.5. The molecule has 0 unspecified atom stereocenters. The molecule has 0 spiro atoms. The first-order valence-electron chi connectivity index (χ1n) is 5.26. The average Bonchev–Trinajstić information content (AvgIpc) is 2.29. The molecule has 1 atom stereocenters. The Balaban J connectivity index is 3.07. The molecule has 0 bridgehead atoms. The first-order valence-corrected chi connectivity index (χ1v) is 5.26. The number of hydrogen-bond acceptors (Lipinski definition) is 3. The molecule has 5 heteroatoms. The van der Waals surface area contributed by atoms with Crippen LogP contribution in [0.4, 0.5) is 5.69 Å². The standard InChI is InChI=1S/C12H15NO4/c1-9(15)13(10-5-3-2-4-6-10)11(7-8-14)12(16)17/h2-6,11,14H,7-8H2,1H3,(H,16,17)/t11-/m0/s1. The Kier molecular flexibility index (Phi) is 4.66. The second-order valence-corrected chi connectivity index (χ2v) is 3.59. The summed E-state index contributed by atoms with van der Waals surface area (Å²) >= 11 is 0. The van der Waals surface area contributed by atoms with Crippen molar-refractivity contribution in [3.8, 4) is 0 Å². The summed E-state index contributed by atoms with van der Waals surface area (Å²) in [4.78, 5) is 23.8. The SMILES string of the molecule is CC(=O)N(c1ccccc1)[C@@H](CCO)C(=O)O. The highest BCUT2D eigenvalue weighted by Gasteiger charge is 2.28. The van der Waals surface area contributed by atoms with E-state index in [0.717, 1.165) is 0 Å². The molecule has 0 fully saturated rings. The van der Waals surface area contributed by atoms with E-state index >= 15 is 0 Å². The number of benzene rings is 1. The molecule has 0 saturated carbocycles. The van der Waals surface area contributed by atoms with Crippen LogP contribution in [0.1, 0.15) is 13.3 Å². The molecule has 0 aliphatic heterocycles. The zero-order valence-electron chi connectivity index (χ0n) is 9.54. The van der Waals surface area contributed by atoms with E-state index in [1.807, 2.05) is 0 Å². The third-order valence-electron chi connectivity index (χ3n) is 2.37. The third kappa shape index (κ3) is 3.29. The van der Waals surface area contributed by atoms with Crippen molar-refractivity contribution < 1.29 is 19.8 Å². The summed E-state index contributed by atoms with van der Waals surface area (Å²) in [6.45, 7) is 1.02. The van der Waals surface area contributed by atoms with E-state index in [2.05, 4.69) is 0 Å². The molecule has 2 N–H and O–H groups in total. The Morgan fingerprint density at radius 2 is 1.88 bits per heavy atom. The van der Waals surface area contributed by atoms with Gasteiger partial charge >= 0.3 is 5.97 Å². The number of hydrogen-bond donors (Lipinski definition) is 2. The maximum atomic E-state index is 11.5. The van der Waals surface area contributed by atoms with Gasteiger partial charge in [-0.05, 0) is 12.1 Å². The van der Waals surface area contributed by atoms with Gasteiger partial charge in [0.25, 0.3) is 0 Å². The summed E-state index contributed by atoms with van der Waals surface area (Å²) in [7, 11) is 0. The van der Waals surface area contributed by atoms with E-state index in [4.69, 9.17) is 10.2 Å². The molecule has 5 nitrogen and oxygen atoms in total. The molecule has 1 aromatic carbocycles. The Morgan fingerprint density at radius 3 is 2.29 bits per heavy atom. The lowest BCUT2D eigenvalue weighted by Gasteiger charge is -2.27. The lowest BCUT2D eigenvalue weighted by atomic mass is 10.1. The van der Waals surface area contributed by atoms with E-state index in [1.54, 1.807) is 30.3 Å². The van der Waals surface area contributed by atoms with Crippen molar-refractivity contribution in [3.63, 3.8) is 0 Å². The minimum atomic E-state index is -1.13. The fourth-order valence-electron chi connectivity index (χ4n) is 1.66. The van der Waals surface area contributed by atoms with Gasteiger partial charge in [-0.15, -0.1) is 0 Å². The smallest absolute Gasteiger partial charge is 0.326 e. The largest absolute Gasteiger partial charge is 0.480 e. The highest BCUT2D eigenvalue weighted by atomic mass is 16.4. The van der Waals surface area contributed by atoms with Gasteiger partial charge < -0.3 is 10.2 Å². The van der Waals surface area contributed by atoms with E-state index in [9.17, 15) is 9.59 Å². The first kappa shape index (κ1) is 13.2. The number of para-hydroxylation sites is 1. The normalized spacial score (nSPS) is 11.9. The molecule has 0 aliphatic rings. The number of carbonyl (C=O) groups is 2. The second-order valence-electron chi connectivity index (χ2n) is 3.59. The van der Waals surface area contributed by atoms with Crippen molar-refractivity contribution in [3.05, 3.63) is 30.3 Å². The van der Waals surface area contributed by atoms with Crippen LogP contribution in [-0.2, 0) is 9.59 Å². The Labute approximate surface area is 99.3 Å². The van der Waals surface area contributed by atoms with E-state index in [1.165, 1.54) is 11.8 Å². The van der Waals surface area contributed by atoms with E-state index in [-0.39, 0.29) is 18.9 Å². The minimum Gasteiger partial charge on any atom is -0.480 e.